The van der Waals surface area contributed by atoms with Gasteiger partial charge < -0.3 is 14.9 Å². The summed E-state index contributed by atoms with van der Waals surface area (Å²) in [7, 11) is 0. The maximum absolute atomic E-state index is 15.1. The van der Waals surface area contributed by atoms with Crippen LogP contribution in [-0.4, -0.2) is 28.8 Å². The molecule has 7 nitrogen and oxygen atoms in total. The molecule has 3 aromatic rings. The number of carbonyl (C=O) groups excluding carboxylic acids is 1. The molecule has 0 bridgehead atoms. The highest BCUT2D eigenvalue weighted by Gasteiger charge is 2.29. The van der Waals surface area contributed by atoms with Crippen LogP contribution in [0.4, 0.5) is 4.39 Å². The van der Waals surface area contributed by atoms with Crippen molar-refractivity contribution in [3.63, 3.8) is 0 Å². The highest BCUT2D eigenvalue weighted by molar-refractivity contribution is 6.30. The van der Waals surface area contributed by atoms with Gasteiger partial charge in [0.05, 0.1) is 12.6 Å². The number of nitrogens with two attached hydrogens (primary N) is 1. The van der Waals surface area contributed by atoms with Gasteiger partial charge in [-0.15, -0.1) is 10.2 Å². The van der Waals surface area contributed by atoms with Crippen LogP contribution in [0.2, 0.25) is 5.15 Å². The fraction of sp³-hybridized carbons (Fsp3) is 0.346. The van der Waals surface area contributed by atoms with Gasteiger partial charge in [-0.05, 0) is 68.7 Å². The zero-order valence-electron chi connectivity index (χ0n) is 19.9. The third-order valence-corrected chi connectivity index (χ3v) is 6.53. The van der Waals surface area contributed by atoms with Crippen molar-refractivity contribution < 1.29 is 18.8 Å². The molecule has 1 fully saturated rings. The fourth-order valence-electron chi connectivity index (χ4n) is 4.10. The average Bonchev–Trinajstić information content (AvgIpc) is 3.65. The summed E-state index contributed by atoms with van der Waals surface area (Å²) in [5.41, 5.74) is 4.34. The molecule has 0 aliphatic heterocycles. The van der Waals surface area contributed by atoms with Gasteiger partial charge in [0, 0.05) is 5.56 Å². The van der Waals surface area contributed by atoms with Gasteiger partial charge in [-0.3, -0.25) is 4.79 Å². The van der Waals surface area contributed by atoms with Gasteiger partial charge in [-0.2, -0.15) is 0 Å². The summed E-state index contributed by atoms with van der Waals surface area (Å²) in [5.74, 6) is 4.44. The van der Waals surface area contributed by atoms with Crippen molar-refractivity contribution in [3.05, 3.63) is 80.7 Å². The molecule has 0 radical (unpaired) electrons. The maximum atomic E-state index is 15.1. The number of nitrogens with one attached hydrogen (secondary N) is 1. The van der Waals surface area contributed by atoms with E-state index in [1.54, 1.807) is 19.1 Å². The van der Waals surface area contributed by atoms with Gasteiger partial charge in [0.2, 0.25) is 0 Å². The molecule has 9 heteroatoms. The Bertz CT molecular complexity index is 1250. The Morgan fingerprint density at radius 1 is 1.23 bits per heavy atom. The number of carbonyl (C=O) groups is 1. The van der Waals surface area contributed by atoms with Crippen molar-refractivity contribution in [1.29, 1.82) is 0 Å². The van der Waals surface area contributed by atoms with E-state index < -0.39 is 17.8 Å². The first-order chi connectivity index (χ1) is 16.8. The first kappa shape index (κ1) is 25.0. The molecule has 3 N–H and O–H groups in total. The Morgan fingerprint density at radius 3 is 2.69 bits per heavy atom. The van der Waals surface area contributed by atoms with Crippen LogP contribution in [0, 0.1) is 26.6 Å². The summed E-state index contributed by atoms with van der Waals surface area (Å²) in [5, 5.41) is 10.8. The standard InChI is InChI=1S/C26H28ClFN4O3/c1-14-7-8-18(15(2)11-14)12-19(13-34-29)30-25(33)22-16(3)24(27)31-32-26(22)35-21-6-4-5-20(23(21)28)17-9-10-17/h4-8,11,17,19H,9-10,12-13,29H2,1-3H3,(H,30,33)/t19-/m1/s1. The number of aryl methyl sites for hydroxylation is 2. The fourth-order valence-corrected chi connectivity index (χ4v) is 4.24. The lowest BCUT2D eigenvalue weighted by molar-refractivity contribution is 0.0836. The Morgan fingerprint density at radius 2 is 2.00 bits per heavy atom. The summed E-state index contributed by atoms with van der Waals surface area (Å²) >= 11 is 6.17. The molecule has 1 saturated carbocycles. The zero-order valence-corrected chi connectivity index (χ0v) is 20.7. The number of nitrogens with zero attached hydrogens (tertiary/aromatic N) is 2. The van der Waals surface area contributed by atoms with Crippen LogP contribution in [0.5, 0.6) is 11.6 Å². The minimum absolute atomic E-state index is 0.0170. The molecule has 35 heavy (non-hydrogen) atoms. The van der Waals surface area contributed by atoms with E-state index in [9.17, 15) is 4.79 Å². The maximum Gasteiger partial charge on any atom is 0.257 e. The minimum Gasteiger partial charge on any atom is -0.434 e. The van der Waals surface area contributed by atoms with Crippen molar-refractivity contribution in [2.24, 2.45) is 5.90 Å². The van der Waals surface area contributed by atoms with E-state index in [0.717, 1.165) is 29.5 Å². The molecule has 1 amide bonds. The number of aromatic nitrogens is 2. The lowest BCUT2D eigenvalue weighted by Crippen LogP contribution is -2.41. The van der Waals surface area contributed by atoms with Gasteiger partial charge in [-0.1, -0.05) is 47.5 Å². The molecule has 1 atom stereocenters. The number of amides is 1. The first-order valence-corrected chi connectivity index (χ1v) is 11.8. The molecule has 184 valence electrons. The van der Waals surface area contributed by atoms with Gasteiger partial charge in [0.1, 0.15) is 5.56 Å². The molecule has 0 spiro atoms. The van der Waals surface area contributed by atoms with Gasteiger partial charge in [0.15, 0.2) is 16.7 Å². The van der Waals surface area contributed by atoms with Gasteiger partial charge in [-0.25, -0.2) is 10.3 Å². The largest absolute Gasteiger partial charge is 0.434 e. The molecule has 4 rings (SSSR count). The van der Waals surface area contributed by atoms with E-state index in [2.05, 4.69) is 21.6 Å². The van der Waals surface area contributed by atoms with Gasteiger partial charge >= 0.3 is 0 Å². The normalized spacial score (nSPS) is 14.0. The minimum atomic E-state index is -0.500. The predicted molar refractivity (Wildman–Crippen MR) is 131 cm³/mol. The third kappa shape index (κ3) is 5.78. The summed E-state index contributed by atoms with van der Waals surface area (Å²) in [6, 6.07) is 10.6. The molecule has 1 heterocycles. The van der Waals surface area contributed by atoms with Crippen LogP contribution in [0.1, 0.15) is 56.9 Å². The van der Waals surface area contributed by atoms with Crippen LogP contribution in [0.15, 0.2) is 36.4 Å². The lowest BCUT2D eigenvalue weighted by Gasteiger charge is -2.20. The molecule has 1 aliphatic rings. The molecule has 0 saturated heterocycles. The van der Waals surface area contributed by atoms with Crippen LogP contribution in [0.25, 0.3) is 0 Å². The van der Waals surface area contributed by atoms with Crippen molar-refractivity contribution in [1.82, 2.24) is 15.5 Å². The third-order valence-electron chi connectivity index (χ3n) is 6.17. The van der Waals surface area contributed by atoms with Crippen molar-refractivity contribution >= 4 is 17.5 Å². The molecule has 1 aliphatic carbocycles. The Kier molecular flexibility index (Phi) is 7.64. The lowest BCUT2D eigenvalue weighted by atomic mass is 9.99. The average molecular weight is 499 g/mol. The Hall–Kier alpha value is -3.07. The topological polar surface area (TPSA) is 99.4 Å². The van der Waals surface area contributed by atoms with Crippen LogP contribution in [0.3, 0.4) is 0 Å². The number of ether oxygens (including phenoxy) is 1. The number of halogens is 2. The second-order valence-corrected chi connectivity index (χ2v) is 9.33. The van der Waals surface area contributed by atoms with Crippen LogP contribution in [-0.2, 0) is 11.3 Å². The van der Waals surface area contributed by atoms with Crippen LogP contribution < -0.4 is 16.0 Å². The van der Waals surface area contributed by atoms with E-state index in [4.69, 9.17) is 27.1 Å². The van der Waals surface area contributed by atoms with Crippen molar-refractivity contribution in [3.8, 4) is 11.6 Å². The second kappa shape index (κ2) is 10.7. The number of hydrogen-bond donors (Lipinski definition) is 2. The Balaban J connectivity index is 1.61. The molecular formula is C26H28ClFN4O3. The summed E-state index contributed by atoms with van der Waals surface area (Å²) in [6.45, 7) is 5.75. The summed E-state index contributed by atoms with van der Waals surface area (Å²) in [4.78, 5) is 18.3. The molecular weight excluding hydrogens is 471 g/mol. The van der Waals surface area contributed by atoms with Gasteiger partial charge in [0.25, 0.3) is 11.8 Å². The quantitative estimate of drug-likeness (QED) is 0.398. The van der Waals surface area contributed by atoms with E-state index in [1.165, 1.54) is 6.07 Å². The number of benzene rings is 2. The van der Waals surface area contributed by atoms with Crippen molar-refractivity contribution in [2.75, 3.05) is 6.61 Å². The smallest absolute Gasteiger partial charge is 0.257 e. The Labute approximate surface area is 208 Å². The number of rotatable bonds is 9. The summed E-state index contributed by atoms with van der Waals surface area (Å²) in [6.07, 6.45) is 2.38. The first-order valence-electron chi connectivity index (χ1n) is 11.5. The van der Waals surface area contributed by atoms with E-state index >= 15 is 4.39 Å². The van der Waals surface area contributed by atoms with E-state index in [1.807, 2.05) is 26.0 Å². The highest BCUT2D eigenvalue weighted by Crippen LogP contribution is 2.43. The van der Waals surface area contributed by atoms with Crippen molar-refractivity contribution in [2.45, 2.75) is 52.0 Å². The van der Waals surface area contributed by atoms with E-state index in [-0.39, 0.29) is 34.9 Å². The SMILES string of the molecule is Cc1ccc(C[C@H](CON)NC(=O)c2c(Oc3cccc(C4CC4)c3F)nnc(Cl)c2C)c(C)c1. The highest BCUT2D eigenvalue weighted by atomic mass is 35.5. The van der Waals surface area contributed by atoms with E-state index in [0.29, 0.717) is 17.5 Å². The molecule has 2 aromatic carbocycles. The number of hydrogen-bond acceptors (Lipinski definition) is 6. The monoisotopic (exact) mass is 498 g/mol. The predicted octanol–water partition coefficient (Wildman–Crippen LogP) is 5.10. The van der Waals surface area contributed by atoms with Crippen LogP contribution >= 0.6 is 11.6 Å². The molecule has 1 aromatic heterocycles. The summed E-state index contributed by atoms with van der Waals surface area (Å²) < 4.78 is 20.8. The second-order valence-electron chi connectivity index (χ2n) is 8.97. The molecule has 0 unspecified atom stereocenters. The zero-order chi connectivity index (χ0) is 25.1.